The number of aryl methyl sites for hydroxylation is 1. The average Bonchev–Trinajstić information content (AvgIpc) is 2.50. The molecule has 0 N–H and O–H groups in total. The predicted octanol–water partition coefficient (Wildman–Crippen LogP) is 1.16. The molecule has 4 nitrogen and oxygen atoms in total. The molecule has 72 valence electrons. The van der Waals surface area contributed by atoms with Crippen molar-refractivity contribution in [2.24, 2.45) is 7.05 Å². The fraction of sp³-hybridized carbons (Fsp3) is 0.222. The van der Waals surface area contributed by atoms with Gasteiger partial charge in [0.15, 0.2) is 5.21 Å². The highest BCUT2D eigenvalue weighted by Crippen LogP contribution is 2.13. The lowest BCUT2D eigenvalue weighted by Gasteiger charge is -1.94. The number of rotatable bonds is 1. The normalized spacial score (nSPS) is 10.5. The molecule has 0 aliphatic carbocycles. The number of hydrogen-bond acceptors (Lipinski definition) is 2. The van der Waals surface area contributed by atoms with Gasteiger partial charge in [0.25, 0.3) is 5.82 Å². The highest BCUT2D eigenvalue weighted by atomic mass is 79.9. The third-order valence-electron chi connectivity index (χ3n) is 2.11. The summed E-state index contributed by atoms with van der Waals surface area (Å²) in [6.45, 7) is 1.97. The van der Waals surface area contributed by atoms with Crippen molar-refractivity contribution in [3.63, 3.8) is 0 Å². The SMILES string of the molecule is Cc1n(-c2ccc(Br)cc2)nn[n+]1C. The summed E-state index contributed by atoms with van der Waals surface area (Å²) in [6.07, 6.45) is 0. The van der Waals surface area contributed by atoms with Crippen LogP contribution in [0.15, 0.2) is 28.7 Å². The Morgan fingerprint density at radius 1 is 1.29 bits per heavy atom. The van der Waals surface area contributed by atoms with Crippen molar-refractivity contribution in [1.29, 1.82) is 0 Å². The van der Waals surface area contributed by atoms with E-state index in [1.54, 1.807) is 9.36 Å². The maximum Gasteiger partial charge on any atom is 0.259 e. The summed E-state index contributed by atoms with van der Waals surface area (Å²) in [4.78, 5) is 0. The molecule has 0 saturated carbocycles. The van der Waals surface area contributed by atoms with Crippen molar-refractivity contribution in [3.8, 4) is 5.69 Å². The van der Waals surface area contributed by atoms with Crippen LogP contribution in [-0.2, 0) is 7.05 Å². The van der Waals surface area contributed by atoms with Crippen LogP contribution in [0.1, 0.15) is 5.82 Å². The average molecular weight is 254 g/mol. The van der Waals surface area contributed by atoms with Gasteiger partial charge in [0, 0.05) is 11.4 Å². The Hall–Kier alpha value is -1.23. The number of tetrazole rings is 1. The van der Waals surface area contributed by atoms with Gasteiger partial charge >= 0.3 is 0 Å². The molecule has 0 atom stereocenters. The molecular weight excluding hydrogens is 244 g/mol. The minimum atomic E-state index is 0.993. The predicted molar refractivity (Wildman–Crippen MR) is 55.0 cm³/mol. The van der Waals surface area contributed by atoms with Gasteiger partial charge in [0.2, 0.25) is 0 Å². The largest absolute Gasteiger partial charge is 0.259 e. The Labute approximate surface area is 90.3 Å². The number of benzene rings is 1. The molecule has 0 spiro atoms. The molecule has 0 amide bonds. The second-order valence-electron chi connectivity index (χ2n) is 3.04. The quantitative estimate of drug-likeness (QED) is 0.716. The highest BCUT2D eigenvalue weighted by Gasteiger charge is 2.14. The summed E-state index contributed by atoms with van der Waals surface area (Å²) in [5.74, 6) is 0.993. The Morgan fingerprint density at radius 2 is 1.93 bits per heavy atom. The molecule has 0 aliphatic heterocycles. The Bertz CT molecular complexity index is 446. The van der Waals surface area contributed by atoms with E-state index >= 15 is 0 Å². The van der Waals surface area contributed by atoms with Crippen LogP contribution < -0.4 is 4.68 Å². The van der Waals surface area contributed by atoms with Crippen LogP contribution in [0.4, 0.5) is 0 Å². The van der Waals surface area contributed by atoms with Crippen LogP contribution in [-0.4, -0.2) is 15.1 Å². The fourth-order valence-corrected chi connectivity index (χ4v) is 1.45. The van der Waals surface area contributed by atoms with Crippen molar-refractivity contribution in [2.45, 2.75) is 6.92 Å². The van der Waals surface area contributed by atoms with E-state index in [9.17, 15) is 0 Å². The molecule has 0 saturated heterocycles. The minimum absolute atomic E-state index is 0.993. The summed E-state index contributed by atoms with van der Waals surface area (Å²) in [5.41, 5.74) is 1.01. The molecule has 0 radical (unpaired) electrons. The summed E-state index contributed by atoms with van der Waals surface area (Å²) in [5, 5.41) is 7.96. The van der Waals surface area contributed by atoms with E-state index in [0.29, 0.717) is 0 Å². The van der Waals surface area contributed by atoms with E-state index in [2.05, 4.69) is 26.4 Å². The first-order chi connectivity index (χ1) is 6.68. The monoisotopic (exact) mass is 253 g/mol. The zero-order valence-electron chi connectivity index (χ0n) is 7.98. The maximum atomic E-state index is 4.03. The second kappa shape index (κ2) is 3.49. The maximum absolute atomic E-state index is 4.03. The molecule has 1 aromatic carbocycles. The van der Waals surface area contributed by atoms with Crippen molar-refractivity contribution in [3.05, 3.63) is 34.6 Å². The van der Waals surface area contributed by atoms with Crippen molar-refractivity contribution in [1.82, 2.24) is 15.1 Å². The zero-order valence-corrected chi connectivity index (χ0v) is 9.56. The van der Waals surface area contributed by atoms with Crippen LogP contribution in [0.25, 0.3) is 5.69 Å². The topological polar surface area (TPSA) is 34.6 Å². The molecule has 1 aromatic heterocycles. The smallest absolute Gasteiger partial charge is 0.140 e. The first-order valence-corrected chi connectivity index (χ1v) is 5.02. The van der Waals surface area contributed by atoms with Crippen LogP contribution in [0, 0.1) is 6.92 Å². The molecule has 0 bridgehead atoms. The Kier molecular flexibility index (Phi) is 2.33. The molecular formula is C9H10BrN4+. The van der Waals surface area contributed by atoms with Gasteiger partial charge in [-0.2, -0.15) is 0 Å². The van der Waals surface area contributed by atoms with Crippen molar-refractivity contribution < 1.29 is 4.68 Å². The van der Waals surface area contributed by atoms with E-state index in [1.807, 2.05) is 38.2 Å². The van der Waals surface area contributed by atoms with Gasteiger partial charge in [-0.15, -0.1) is 4.68 Å². The first kappa shape index (κ1) is 9.33. The lowest BCUT2D eigenvalue weighted by atomic mass is 10.3. The van der Waals surface area contributed by atoms with Gasteiger partial charge in [-0.25, -0.2) is 0 Å². The van der Waals surface area contributed by atoms with Crippen molar-refractivity contribution in [2.75, 3.05) is 0 Å². The molecule has 5 heteroatoms. The second-order valence-corrected chi connectivity index (χ2v) is 3.95. The third-order valence-corrected chi connectivity index (χ3v) is 2.64. The summed E-state index contributed by atoms with van der Waals surface area (Å²) in [6, 6.07) is 7.95. The first-order valence-electron chi connectivity index (χ1n) is 4.23. The number of nitrogens with zero attached hydrogens (tertiary/aromatic N) is 4. The van der Waals surface area contributed by atoms with E-state index in [-0.39, 0.29) is 0 Å². The highest BCUT2D eigenvalue weighted by molar-refractivity contribution is 9.10. The zero-order chi connectivity index (χ0) is 10.1. The minimum Gasteiger partial charge on any atom is -0.140 e. The van der Waals surface area contributed by atoms with Crippen LogP contribution in [0.5, 0.6) is 0 Å². The fourth-order valence-electron chi connectivity index (χ4n) is 1.19. The molecule has 0 unspecified atom stereocenters. The number of hydrogen-bond donors (Lipinski definition) is 0. The standard InChI is InChI=1S/C9H10BrN4/c1-7-13(2)11-12-14(7)9-5-3-8(10)4-6-9/h3-6H,1-2H3/q+1. The van der Waals surface area contributed by atoms with E-state index in [4.69, 9.17) is 0 Å². The summed E-state index contributed by atoms with van der Waals surface area (Å²) in [7, 11) is 1.87. The molecule has 1 heterocycles. The molecule has 0 aliphatic rings. The Morgan fingerprint density at radius 3 is 2.43 bits per heavy atom. The van der Waals surface area contributed by atoms with E-state index < -0.39 is 0 Å². The van der Waals surface area contributed by atoms with Gasteiger partial charge in [-0.1, -0.05) is 20.6 Å². The van der Waals surface area contributed by atoms with Gasteiger partial charge in [0.05, 0.1) is 7.05 Å². The van der Waals surface area contributed by atoms with Crippen molar-refractivity contribution >= 4 is 15.9 Å². The molecule has 2 rings (SSSR count). The van der Waals surface area contributed by atoms with E-state index in [0.717, 1.165) is 16.0 Å². The van der Waals surface area contributed by atoms with Gasteiger partial charge in [0.1, 0.15) is 10.9 Å². The van der Waals surface area contributed by atoms with Crippen LogP contribution in [0.2, 0.25) is 0 Å². The lowest BCUT2D eigenvalue weighted by Crippen LogP contribution is -2.33. The summed E-state index contributed by atoms with van der Waals surface area (Å²) < 4.78 is 4.59. The lowest BCUT2D eigenvalue weighted by molar-refractivity contribution is -0.737. The van der Waals surface area contributed by atoms with Crippen LogP contribution in [0.3, 0.4) is 0 Å². The van der Waals surface area contributed by atoms with Crippen LogP contribution >= 0.6 is 15.9 Å². The van der Waals surface area contributed by atoms with E-state index in [1.165, 1.54) is 0 Å². The molecule has 2 aromatic rings. The summed E-state index contributed by atoms with van der Waals surface area (Å²) >= 11 is 3.39. The Balaban J connectivity index is 2.49. The third kappa shape index (κ3) is 1.55. The number of halogens is 1. The molecule has 14 heavy (non-hydrogen) atoms. The van der Waals surface area contributed by atoms with Gasteiger partial charge in [-0.05, 0) is 24.3 Å². The number of aromatic nitrogens is 4. The van der Waals surface area contributed by atoms with Gasteiger partial charge < -0.3 is 0 Å². The van der Waals surface area contributed by atoms with Gasteiger partial charge in [-0.3, -0.25) is 0 Å². The molecule has 0 fully saturated rings.